The van der Waals surface area contributed by atoms with E-state index in [0.29, 0.717) is 39.3 Å². The molecule has 2 aliphatic heterocycles. The third-order valence-electron chi connectivity index (χ3n) is 8.04. The number of nitrogens with one attached hydrogen (secondary N) is 2. The molecule has 0 radical (unpaired) electrons. The van der Waals surface area contributed by atoms with Crippen molar-refractivity contribution in [3.63, 3.8) is 0 Å². The summed E-state index contributed by atoms with van der Waals surface area (Å²) >= 11 is 12.1. The molecular weight excluding hydrogens is 571 g/mol. The molecule has 222 valence electrons. The highest BCUT2D eigenvalue weighted by molar-refractivity contribution is 6.42. The van der Waals surface area contributed by atoms with Gasteiger partial charge in [0.2, 0.25) is 0 Å². The lowest BCUT2D eigenvalue weighted by molar-refractivity contribution is 0.0374. The van der Waals surface area contributed by atoms with Gasteiger partial charge in [0.25, 0.3) is 11.8 Å². The second-order valence-corrected chi connectivity index (χ2v) is 11.8. The summed E-state index contributed by atoms with van der Waals surface area (Å²) in [5, 5.41) is 6.73. The molecule has 0 spiro atoms. The largest absolute Gasteiger partial charge is 0.379 e. The van der Waals surface area contributed by atoms with Gasteiger partial charge in [-0.1, -0.05) is 53.5 Å². The van der Waals surface area contributed by atoms with Gasteiger partial charge in [-0.25, -0.2) is 0 Å². The molecule has 0 aliphatic carbocycles. The predicted octanol–water partition coefficient (Wildman–Crippen LogP) is 6.16. The molecule has 5 rings (SSSR count). The first-order valence-corrected chi connectivity index (χ1v) is 15.5. The van der Waals surface area contributed by atoms with E-state index >= 15 is 0 Å². The van der Waals surface area contributed by atoms with E-state index < -0.39 is 0 Å². The molecule has 0 atom stereocenters. The first kappa shape index (κ1) is 30.4. The maximum absolute atomic E-state index is 13.5. The van der Waals surface area contributed by atoms with E-state index in [1.54, 1.807) is 18.2 Å². The van der Waals surface area contributed by atoms with Crippen molar-refractivity contribution in [2.75, 3.05) is 62.7 Å². The van der Waals surface area contributed by atoms with Gasteiger partial charge < -0.3 is 20.3 Å². The molecule has 2 aliphatic rings. The zero-order chi connectivity index (χ0) is 29.3. The van der Waals surface area contributed by atoms with E-state index in [1.807, 2.05) is 12.1 Å². The van der Waals surface area contributed by atoms with E-state index in [-0.39, 0.29) is 11.8 Å². The number of hydrogen-bond acceptors (Lipinski definition) is 5. The van der Waals surface area contributed by atoms with Crippen LogP contribution in [0, 0.1) is 5.92 Å². The Morgan fingerprint density at radius 1 is 0.857 bits per heavy atom. The van der Waals surface area contributed by atoms with Gasteiger partial charge in [0.1, 0.15) is 0 Å². The monoisotopic (exact) mass is 608 g/mol. The first-order chi connectivity index (χ1) is 20.5. The van der Waals surface area contributed by atoms with Crippen LogP contribution in [0.15, 0.2) is 66.7 Å². The average molecular weight is 610 g/mol. The van der Waals surface area contributed by atoms with Crippen LogP contribution in [0.1, 0.15) is 45.5 Å². The van der Waals surface area contributed by atoms with E-state index in [9.17, 15) is 9.59 Å². The Morgan fingerprint density at radius 3 is 2.36 bits per heavy atom. The molecule has 2 amide bonds. The molecule has 0 aromatic heterocycles. The maximum atomic E-state index is 13.5. The zero-order valence-electron chi connectivity index (χ0n) is 23.8. The normalized spacial score (nSPS) is 16.3. The summed E-state index contributed by atoms with van der Waals surface area (Å²) in [5.74, 6) is 0.162. The van der Waals surface area contributed by atoms with Crippen LogP contribution in [0.5, 0.6) is 0 Å². The summed E-state index contributed by atoms with van der Waals surface area (Å²) in [6, 6.07) is 21.0. The van der Waals surface area contributed by atoms with Gasteiger partial charge in [0.15, 0.2) is 0 Å². The number of nitrogens with zero attached hydrogens (tertiary/aromatic N) is 2. The van der Waals surface area contributed by atoms with Crippen LogP contribution in [-0.2, 0) is 11.2 Å². The zero-order valence-corrected chi connectivity index (χ0v) is 25.3. The highest BCUT2D eigenvalue weighted by atomic mass is 35.5. The van der Waals surface area contributed by atoms with Crippen LogP contribution in [0.4, 0.5) is 11.4 Å². The minimum atomic E-state index is -0.320. The van der Waals surface area contributed by atoms with Crippen molar-refractivity contribution in [3.8, 4) is 0 Å². The highest BCUT2D eigenvalue weighted by Gasteiger charge is 2.24. The Labute approximate surface area is 258 Å². The van der Waals surface area contributed by atoms with E-state index in [4.69, 9.17) is 27.9 Å². The standard InChI is InChI=1S/C33H38Cl2N4O3/c34-29-9-7-26(22-30(29)35)32(40)37-27-8-10-31(39-15-11-25(12-16-39)21-24-5-2-1-3-6-24)28(23-27)33(41)36-13-4-14-38-17-19-42-20-18-38/h1-3,5-10,22-23,25H,4,11-21H2,(H,36,41)(H,37,40). The Kier molecular flexibility index (Phi) is 10.8. The summed E-state index contributed by atoms with van der Waals surface area (Å²) in [6.07, 6.45) is 4.06. The van der Waals surface area contributed by atoms with Crippen molar-refractivity contribution < 1.29 is 14.3 Å². The number of rotatable bonds is 10. The molecule has 0 bridgehead atoms. The van der Waals surface area contributed by atoms with Crippen LogP contribution in [0.25, 0.3) is 0 Å². The Morgan fingerprint density at radius 2 is 1.62 bits per heavy atom. The number of ether oxygens (including phenoxy) is 1. The van der Waals surface area contributed by atoms with Crippen LogP contribution in [0.3, 0.4) is 0 Å². The van der Waals surface area contributed by atoms with Crippen molar-refractivity contribution >= 4 is 46.4 Å². The fourth-order valence-electron chi connectivity index (χ4n) is 5.66. The number of carbonyl (C=O) groups is 2. The Bertz CT molecular complexity index is 1360. The SMILES string of the molecule is O=C(Nc1ccc(N2CCC(Cc3ccccc3)CC2)c(C(=O)NCCCN2CCOCC2)c1)c1ccc(Cl)c(Cl)c1. The molecule has 7 nitrogen and oxygen atoms in total. The van der Waals surface area contributed by atoms with Gasteiger partial charge in [0.05, 0.1) is 28.8 Å². The van der Waals surface area contributed by atoms with E-state index in [2.05, 4.69) is 50.8 Å². The van der Waals surface area contributed by atoms with Gasteiger partial charge in [-0.3, -0.25) is 14.5 Å². The second kappa shape index (κ2) is 14.9. The Hall–Kier alpha value is -3.10. The molecule has 3 aromatic carbocycles. The lowest BCUT2D eigenvalue weighted by Crippen LogP contribution is -2.38. The quantitative estimate of drug-likeness (QED) is 0.270. The van der Waals surface area contributed by atoms with E-state index in [0.717, 1.165) is 77.3 Å². The minimum Gasteiger partial charge on any atom is -0.379 e. The summed E-state index contributed by atoms with van der Waals surface area (Å²) in [5.41, 5.74) is 3.77. The number of carbonyl (C=O) groups excluding carboxylic acids is 2. The molecule has 2 fully saturated rings. The number of morpholine rings is 1. The molecule has 3 aromatic rings. The van der Waals surface area contributed by atoms with Crippen LogP contribution in [-0.4, -0.2) is 69.2 Å². The van der Waals surface area contributed by atoms with Crippen molar-refractivity contribution in [2.45, 2.75) is 25.7 Å². The van der Waals surface area contributed by atoms with Crippen LogP contribution >= 0.6 is 23.2 Å². The van der Waals surface area contributed by atoms with Crippen molar-refractivity contribution in [1.29, 1.82) is 0 Å². The molecule has 0 unspecified atom stereocenters. The molecule has 42 heavy (non-hydrogen) atoms. The predicted molar refractivity (Wildman–Crippen MR) is 170 cm³/mol. The lowest BCUT2D eigenvalue weighted by Gasteiger charge is -2.35. The summed E-state index contributed by atoms with van der Waals surface area (Å²) in [4.78, 5) is 31.2. The molecular formula is C33H38Cl2N4O3. The van der Waals surface area contributed by atoms with Gasteiger partial charge in [-0.05, 0) is 80.1 Å². The van der Waals surface area contributed by atoms with Gasteiger partial charge in [-0.2, -0.15) is 0 Å². The number of hydrogen-bond donors (Lipinski definition) is 2. The Balaban J connectivity index is 1.27. The summed E-state index contributed by atoms with van der Waals surface area (Å²) < 4.78 is 5.43. The van der Waals surface area contributed by atoms with Crippen LogP contribution < -0.4 is 15.5 Å². The fourth-order valence-corrected chi connectivity index (χ4v) is 5.96. The molecule has 2 N–H and O–H groups in total. The van der Waals surface area contributed by atoms with Gasteiger partial charge in [0, 0.05) is 49.7 Å². The van der Waals surface area contributed by atoms with Crippen LogP contribution in [0.2, 0.25) is 10.0 Å². The smallest absolute Gasteiger partial charge is 0.255 e. The van der Waals surface area contributed by atoms with Crippen molar-refractivity contribution in [1.82, 2.24) is 10.2 Å². The number of benzene rings is 3. The number of halogens is 2. The lowest BCUT2D eigenvalue weighted by atomic mass is 9.89. The van der Waals surface area contributed by atoms with E-state index in [1.165, 1.54) is 11.6 Å². The van der Waals surface area contributed by atoms with Gasteiger partial charge >= 0.3 is 0 Å². The van der Waals surface area contributed by atoms with Gasteiger partial charge in [-0.15, -0.1) is 0 Å². The fraction of sp³-hybridized carbons (Fsp3) is 0.394. The molecule has 2 saturated heterocycles. The average Bonchev–Trinajstić information content (AvgIpc) is 3.02. The highest BCUT2D eigenvalue weighted by Crippen LogP contribution is 2.31. The summed E-state index contributed by atoms with van der Waals surface area (Å²) in [7, 11) is 0. The first-order valence-electron chi connectivity index (χ1n) is 14.7. The topological polar surface area (TPSA) is 73.9 Å². The molecule has 2 heterocycles. The number of piperidine rings is 1. The third kappa shape index (κ3) is 8.26. The third-order valence-corrected chi connectivity index (χ3v) is 8.78. The number of amides is 2. The molecule has 0 saturated carbocycles. The van der Waals surface area contributed by atoms with Crippen molar-refractivity contribution in [3.05, 3.63) is 93.5 Å². The molecule has 9 heteroatoms. The summed E-state index contributed by atoms with van der Waals surface area (Å²) in [6.45, 7) is 6.64. The van der Waals surface area contributed by atoms with Crippen molar-refractivity contribution in [2.24, 2.45) is 5.92 Å². The minimum absolute atomic E-state index is 0.135. The number of anilines is 2. The maximum Gasteiger partial charge on any atom is 0.255 e. The second-order valence-electron chi connectivity index (χ2n) is 11.0.